The zero-order chi connectivity index (χ0) is 18.8. The Morgan fingerprint density at radius 1 is 1.30 bits per heavy atom. The number of amides is 1. The Labute approximate surface area is 162 Å². The van der Waals surface area contributed by atoms with Crippen molar-refractivity contribution >= 4 is 32.6 Å². The lowest BCUT2D eigenvalue weighted by Gasteiger charge is -2.38. The van der Waals surface area contributed by atoms with Crippen molar-refractivity contribution < 1.29 is 9.18 Å². The standard InChI is InChI=1S/C21H22FN3OS/c1-14(7-8-15-5-3-2-4-6-15)23-20(26)16-12-25(13-16)21-24-18-10-9-17(22)11-19(18)27-21/h2-6,9-11,14,16H,7-8,12-13H2,1H3,(H,23,26)/t14-/m0/s1. The largest absolute Gasteiger partial charge is 0.353 e. The second kappa shape index (κ2) is 7.64. The van der Waals surface area contributed by atoms with Crippen LogP contribution < -0.4 is 10.2 Å². The summed E-state index contributed by atoms with van der Waals surface area (Å²) in [4.78, 5) is 19.1. The van der Waals surface area contributed by atoms with Crippen molar-refractivity contribution in [2.24, 2.45) is 5.92 Å². The van der Waals surface area contributed by atoms with E-state index in [-0.39, 0.29) is 23.7 Å². The number of nitrogens with zero attached hydrogens (tertiary/aromatic N) is 2. The lowest BCUT2D eigenvalue weighted by molar-refractivity contribution is -0.126. The third-order valence-electron chi connectivity index (χ3n) is 4.96. The number of aryl methyl sites for hydroxylation is 1. The van der Waals surface area contributed by atoms with Gasteiger partial charge >= 0.3 is 0 Å². The van der Waals surface area contributed by atoms with Crippen LogP contribution in [0.4, 0.5) is 9.52 Å². The van der Waals surface area contributed by atoms with E-state index in [1.54, 1.807) is 6.07 Å². The van der Waals surface area contributed by atoms with E-state index in [4.69, 9.17) is 0 Å². The predicted octanol–water partition coefficient (Wildman–Crippen LogP) is 4.01. The van der Waals surface area contributed by atoms with Crippen molar-refractivity contribution in [3.8, 4) is 0 Å². The maximum atomic E-state index is 13.3. The van der Waals surface area contributed by atoms with Crippen molar-refractivity contribution in [1.29, 1.82) is 0 Å². The molecule has 1 aliphatic rings. The Morgan fingerprint density at radius 3 is 2.85 bits per heavy atom. The van der Waals surface area contributed by atoms with Crippen LogP contribution in [0, 0.1) is 11.7 Å². The van der Waals surface area contributed by atoms with E-state index in [9.17, 15) is 9.18 Å². The Hall–Kier alpha value is -2.47. The smallest absolute Gasteiger partial charge is 0.226 e. The number of nitrogens with one attached hydrogen (secondary N) is 1. The lowest BCUT2D eigenvalue weighted by Crippen LogP contribution is -2.55. The van der Waals surface area contributed by atoms with Crippen molar-refractivity contribution in [2.75, 3.05) is 18.0 Å². The molecule has 1 N–H and O–H groups in total. The van der Waals surface area contributed by atoms with Crippen molar-refractivity contribution in [1.82, 2.24) is 10.3 Å². The summed E-state index contributed by atoms with van der Waals surface area (Å²) in [7, 11) is 0. The number of fused-ring (bicyclic) bond motifs is 1. The first-order valence-corrected chi connectivity index (χ1v) is 10.1. The molecule has 2 heterocycles. The molecule has 3 aromatic rings. The maximum absolute atomic E-state index is 13.3. The summed E-state index contributed by atoms with van der Waals surface area (Å²) >= 11 is 1.47. The summed E-state index contributed by atoms with van der Waals surface area (Å²) in [5.41, 5.74) is 2.10. The van der Waals surface area contributed by atoms with Crippen LogP contribution in [0.3, 0.4) is 0 Å². The minimum Gasteiger partial charge on any atom is -0.353 e. The fourth-order valence-corrected chi connectivity index (χ4v) is 4.29. The summed E-state index contributed by atoms with van der Waals surface area (Å²) in [5.74, 6) is -0.144. The predicted molar refractivity (Wildman–Crippen MR) is 108 cm³/mol. The highest BCUT2D eigenvalue weighted by Gasteiger charge is 2.34. The zero-order valence-corrected chi connectivity index (χ0v) is 16.0. The van der Waals surface area contributed by atoms with Crippen LogP contribution in [0.2, 0.25) is 0 Å². The molecule has 4 nitrogen and oxygen atoms in total. The van der Waals surface area contributed by atoms with Crippen LogP contribution >= 0.6 is 11.3 Å². The van der Waals surface area contributed by atoms with E-state index >= 15 is 0 Å². The molecule has 6 heteroatoms. The molecular formula is C21H22FN3OS. The first kappa shape index (κ1) is 17.9. The fourth-order valence-electron chi connectivity index (χ4n) is 3.28. The van der Waals surface area contributed by atoms with Crippen LogP contribution in [0.25, 0.3) is 10.2 Å². The van der Waals surface area contributed by atoms with Crippen molar-refractivity contribution in [2.45, 2.75) is 25.8 Å². The quantitative estimate of drug-likeness (QED) is 0.700. The Balaban J connectivity index is 1.26. The highest BCUT2D eigenvalue weighted by Crippen LogP contribution is 2.33. The molecule has 1 atom stereocenters. The van der Waals surface area contributed by atoms with Gasteiger partial charge < -0.3 is 10.2 Å². The second-order valence-corrected chi connectivity index (χ2v) is 8.15. The molecule has 0 saturated carbocycles. The Morgan fingerprint density at radius 2 is 2.07 bits per heavy atom. The number of hydrogen-bond acceptors (Lipinski definition) is 4. The van der Waals surface area contributed by atoms with Gasteiger partial charge in [0.05, 0.1) is 16.1 Å². The number of benzene rings is 2. The topological polar surface area (TPSA) is 45.2 Å². The van der Waals surface area contributed by atoms with Gasteiger partial charge in [-0.25, -0.2) is 9.37 Å². The van der Waals surface area contributed by atoms with Crippen LogP contribution in [0.1, 0.15) is 18.9 Å². The van der Waals surface area contributed by atoms with Gasteiger partial charge in [-0.05, 0) is 43.5 Å². The number of aromatic nitrogens is 1. The molecule has 0 aliphatic carbocycles. The van der Waals surface area contributed by atoms with Gasteiger partial charge in [0.15, 0.2) is 5.13 Å². The first-order chi connectivity index (χ1) is 13.1. The van der Waals surface area contributed by atoms with E-state index in [0.29, 0.717) is 13.1 Å². The molecule has 1 saturated heterocycles. The van der Waals surface area contributed by atoms with E-state index < -0.39 is 0 Å². The summed E-state index contributed by atoms with van der Waals surface area (Å²) < 4.78 is 14.2. The monoisotopic (exact) mass is 383 g/mol. The molecule has 1 aliphatic heterocycles. The van der Waals surface area contributed by atoms with Gasteiger partial charge in [-0.15, -0.1) is 0 Å². The van der Waals surface area contributed by atoms with Gasteiger partial charge in [0.1, 0.15) is 5.82 Å². The van der Waals surface area contributed by atoms with E-state index in [1.165, 1.54) is 29.0 Å². The Kier molecular flexibility index (Phi) is 5.07. The summed E-state index contributed by atoms with van der Waals surface area (Å²) in [6, 6.07) is 15.1. The van der Waals surface area contributed by atoms with Crippen LogP contribution in [-0.4, -0.2) is 30.0 Å². The number of hydrogen-bond donors (Lipinski definition) is 1. The average molecular weight is 383 g/mol. The highest BCUT2D eigenvalue weighted by atomic mass is 32.1. The summed E-state index contributed by atoms with van der Waals surface area (Å²) in [5, 5.41) is 3.98. The van der Waals surface area contributed by atoms with Gasteiger partial charge in [-0.3, -0.25) is 4.79 Å². The van der Waals surface area contributed by atoms with Gasteiger partial charge in [0.2, 0.25) is 5.91 Å². The molecule has 0 unspecified atom stereocenters. The SMILES string of the molecule is C[C@@H](CCc1ccccc1)NC(=O)C1CN(c2nc3ccc(F)cc3s2)C1. The molecule has 140 valence electrons. The minimum absolute atomic E-state index is 0.00655. The van der Waals surface area contributed by atoms with Crippen molar-refractivity contribution in [3.05, 3.63) is 59.9 Å². The van der Waals surface area contributed by atoms with E-state index in [0.717, 1.165) is 28.2 Å². The van der Waals surface area contributed by atoms with E-state index in [1.807, 2.05) is 18.2 Å². The fraction of sp³-hybridized carbons (Fsp3) is 0.333. The maximum Gasteiger partial charge on any atom is 0.226 e. The molecular weight excluding hydrogens is 361 g/mol. The molecule has 1 amide bonds. The number of rotatable bonds is 6. The van der Waals surface area contributed by atoms with Crippen LogP contribution in [-0.2, 0) is 11.2 Å². The van der Waals surface area contributed by atoms with Crippen LogP contribution in [0.15, 0.2) is 48.5 Å². The van der Waals surface area contributed by atoms with Gasteiger partial charge in [-0.1, -0.05) is 41.7 Å². The lowest BCUT2D eigenvalue weighted by atomic mass is 9.99. The Bertz CT molecular complexity index is 937. The normalized spacial score (nSPS) is 15.6. The van der Waals surface area contributed by atoms with Gasteiger partial charge in [0.25, 0.3) is 0 Å². The molecule has 0 spiro atoms. The van der Waals surface area contributed by atoms with Crippen LogP contribution in [0.5, 0.6) is 0 Å². The first-order valence-electron chi connectivity index (χ1n) is 9.24. The molecule has 27 heavy (non-hydrogen) atoms. The summed E-state index contributed by atoms with van der Waals surface area (Å²) in [6.07, 6.45) is 1.89. The minimum atomic E-state index is -0.247. The number of thiazole rings is 1. The molecule has 0 radical (unpaired) electrons. The molecule has 1 fully saturated rings. The second-order valence-electron chi connectivity index (χ2n) is 7.14. The van der Waals surface area contributed by atoms with Gasteiger partial charge in [0, 0.05) is 19.1 Å². The van der Waals surface area contributed by atoms with Crippen molar-refractivity contribution in [3.63, 3.8) is 0 Å². The van der Waals surface area contributed by atoms with E-state index in [2.05, 4.69) is 34.3 Å². The number of carbonyl (C=O) groups is 1. The molecule has 0 bridgehead atoms. The number of halogens is 1. The highest BCUT2D eigenvalue weighted by molar-refractivity contribution is 7.22. The number of anilines is 1. The molecule has 2 aromatic carbocycles. The third-order valence-corrected chi connectivity index (χ3v) is 6.04. The zero-order valence-electron chi connectivity index (χ0n) is 15.2. The number of carbonyl (C=O) groups excluding carboxylic acids is 1. The summed E-state index contributed by atoms with van der Waals surface area (Å²) in [6.45, 7) is 3.39. The molecule has 4 rings (SSSR count). The molecule has 1 aromatic heterocycles. The third kappa shape index (κ3) is 4.11. The average Bonchev–Trinajstić information content (AvgIpc) is 3.02. The van der Waals surface area contributed by atoms with Gasteiger partial charge in [-0.2, -0.15) is 0 Å².